The summed E-state index contributed by atoms with van der Waals surface area (Å²) in [5, 5.41) is 14.1. The summed E-state index contributed by atoms with van der Waals surface area (Å²) in [6.45, 7) is 0. The van der Waals surface area contributed by atoms with Crippen LogP contribution in [0.3, 0.4) is 0 Å². The van der Waals surface area contributed by atoms with Gasteiger partial charge < -0.3 is 4.42 Å². The number of nitrogens with zero attached hydrogens (tertiary/aromatic N) is 3. The minimum atomic E-state index is -0.0778. The van der Waals surface area contributed by atoms with E-state index in [0.29, 0.717) is 16.4 Å². The molecule has 92 valence electrons. The van der Waals surface area contributed by atoms with Crippen LogP contribution in [-0.4, -0.2) is 20.6 Å². The van der Waals surface area contributed by atoms with E-state index in [1.54, 1.807) is 0 Å². The Kier molecular flexibility index (Phi) is 1.94. The van der Waals surface area contributed by atoms with Gasteiger partial charge in [-0.25, -0.2) is 0 Å². The average Bonchev–Trinajstić information content (AvgIpc) is 3.05. The minimum absolute atomic E-state index is 0.0778. The fraction of sp³-hybridized carbons (Fsp3) is 0.0769. The first kappa shape index (κ1) is 10.2. The van der Waals surface area contributed by atoms with Crippen LogP contribution >= 0.6 is 0 Å². The molecule has 2 aromatic rings. The second kappa shape index (κ2) is 3.61. The molecule has 6 nitrogen and oxygen atoms in total. The number of aromatic nitrogens is 4. The third kappa shape index (κ3) is 1.43. The van der Waals surface area contributed by atoms with Crippen LogP contribution in [0.2, 0.25) is 0 Å². The Morgan fingerprint density at radius 2 is 2.32 bits per heavy atom. The number of hydrogen-bond acceptors (Lipinski definition) is 5. The van der Waals surface area contributed by atoms with Crippen LogP contribution in [0.15, 0.2) is 39.1 Å². The van der Waals surface area contributed by atoms with E-state index < -0.39 is 0 Å². The molecule has 0 unspecified atom stereocenters. The summed E-state index contributed by atoms with van der Waals surface area (Å²) in [7, 11) is 0. The van der Waals surface area contributed by atoms with E-state index in [0.717, 1.165) is 17.6 Å². The third-order valence-electron chi connectivity index (χ3n) is 3.21. The SMILES string of the molecule is O=c1cc(-c2nn[nH]n2)oc2c1=C1CC=CC=C1C=2. The minimum Gasteiger partial charge on any atom is -0.452 e. The second-order valence-corrected chi connectivity index (χ2v) is 4.33. The van der Waals surface area contributed by atoms with Gasteiger partial charge in [-0.05, 0) is 28.9 Å². The largest absolute Gasteiger partial charge is 0.452 e. The zero-order valence-corrected chi connectivity index (χ0v) is 9.75. The molecule has 2 aliphatic carbocycles. The topological polar surface area (TPSA) is 84.7 Å². The first-order valence-corrected chi connectivity index (χ1v) is 5.83. The molecule has 19 heavy (non-hydrogen) atoms. The van der Waals surface area contributed by atoms with Gasteiger partial charge in [0.25, 0.3) is 0 Å². The average molecular weight is 252 g/mol. The monoisotopic (exact) mass is 252 g/mol. The van der Waals surface area contributed by atoms with Crippen molar-refractivity contribution in [1.82, 2.24) is 20.6 Å². The summed E-state index contributed by atoms with van der Waals surface area (Å²) in [4.78, 5) is 12.2. The molecule has 2 heterocycles. The van der Waals surface area contributed by atoms with Crippen molar-refractivity contribution >= 4 is 11.6 Å². The van der Waals surface area contributed by atoms with Crippen LogP contribution in [-0.2, 0) is 0 Å². The highest BCUT2D eigenvalue weighted by Crippen LogP contribution is 2.22. The normalized spacial score (nSPS) is 15.8. The molecular formula is C13H8N4O2. The molecule has 0 fully saturated rings. The summed E-state index contributed by atoms with van der Waals surface area (Å²) >= 11 is 0. The molecule has 0 radical (unpaired) electrons. The number of allylic oxidation sites excluding steroid dienone is 4. The molecular weight excluding hydrogens is 244 g/mol. The van der Waals surface area contributed by atoms with Crippen molar-refractivity contribution in [2.24, 2.45) is 0 Å². The lowest BCUT2D eigenvalue weighted by Crippen LogP contribution is -2.37. The number of hydrogen-bond donors (Lipinski definition) is 1. The van der Waals surface area contributed by atoms with Gasteiger partial charge in [0.05, 0.1) is 5.22 Å². The van der Waals surface area contributed by atoms with Crippen molar-refractivity contribution in [3.8, 4) is 11.6 Å². The number of H-pyrrole nitrogens is 1. The van der Waals surface area contributed by atoms with E-state index in [4.69, 9.17) is 4.42 Å². The summed E-state index contributed by atoms with van der Waals surface area (Å²) in [6, 6.07) is 1.41. The maximum Gasteiger partial charge on any atom is 0.239 e. The summed E-state index contributed by atoms with van der Waals surface area (Å²) in [5.74, 6) is 0.599. The number of aromatic amines is 1. The molecule has 0 saturated carbocycles. The van der Waals surface area contributed by atoms with E-state index in [2.05, 4.69) is 20.6 Å². The number of nitrogens with one attached hydrogen (secondary N) is 1. The molecule has 1 N–H and O–H groups in total. The summed E-state index contributed by atoms with van der Waals surface area (Å²) < 4.78 is 5.71. The van der Waals surface area contributed by atoms with Gasteiger partial charge in [0.1, 0.15) is 5.42 Å². The molecule has 2 aromatic heterocycles. The Balaban J connectivity index is 2.07. The Hall–Kier alpha value is -2.76. The molecule has 2 aliphatic rings. The highest BCUT2D eigenvalue weighted by atomic mass is 16.3. The van der Waals surface area contributed by atoms with Crippen molar-refractivity contribution in [3.63, 3.8) is 0 Å². The van der Waals surface area contributed by atoms with Crippen LogP contribution in [0.4, 0.5) is 0 Å². The van der Waals surface area contributed by atoms with E-state index in [-0.39, 0.29) is 11.3 Å². The molecule has 0 saturated heterocycles. The van der Waals surface area contributed by atoms with Gasteiger partial charge in [0, 0.05) is 6.07 Å². The van der Waals surface area contributed by atoms with Crippen LogP contribution in [0, 0.1) is 0 Å². The highest BCUT2D eigenvalue weighted by molar-refractivity contribution is 5.83. The van der Waals surface area contributed by atoms with Gasteiger partial charge in [-0.2, -0.15) is 5.21 Å². The van der Waals surface area contributed by atoms with Crippen LogP contribution < -0.4 is 16.1 Å². The molecule has 0 amide bonds. The Bertz CT molecular complexity index is 901. The molecule has 4 rings (SSSR count). The molecule has 6 heteroatoms. The third-order valence-corrected chi connectivity index (χ3v) is 3.21. The molecule has 0 atom stereocenters. The lowest BCUT2D eigenvalue weighted by atomic mass is 10.0. The number of tetrazole rings is 1. The van der Waals surface area contributed by atoms with Crippen molar-refractivity contribution < 1.29 is 4.42 Å². The molecule has 0 bridgehead atoms. The van der Waals surface area contributed by atoms with Crippen molar-refractivity contribution in [3.05, 3.63) is 50.7 Å². The van der Waals surface area contributed by atoms with E-state index in [9.17, 15) is 4.79 Å². The lowest BCUT2D eigenvalue weighted by Gasteiger charge is -2.04. The highest BCUT2D eigenvalue weighted by Gasteiger charge is 2.17. The van der Waals surface area contributed by atoms with Crippen LogP contribution in [0.1, 0.15) is 6.42 Å². The molecule has 0 spiro atoms. The predicted octanol–water partition coefficient (Wildman–Crippen LogP) is -0.349. The van der Waals surface area contributed by atoms with Gasteiger partial charge in [-0.15, -0.1) is 10.2 Å². The first-order valence-electron chi connectivity index (χ1n) is 5.83. The van der Waals surface area contributed by atoms with E-state index >= 15 is 0 Å². The standard InChI is InChI=1S/C13H8N4O2/c18-9-6-11(13-14-16-17-15-13)19-10-5-7-3-1-2-4-8(7)12(9)10/h1-3,5-6H,4H2,(H,14,15,16,17). The van der Waals surface area contributed by atoms with Gasteiger partial charge in [-0.3, -0.25) is 4.79 Å². The van der Waals surface area contributed by atoms with E-state index in [1.165, 1.54) is 6.07 Å². The zero-order chi connectivity index (χ0) is 12.8. The van der Waals surface area contributed by atoms with Crippen LogP contribution in [0.5, 0.6) is 0 Å². The quantitative estimate of drug-likeness (QED) is 0.750. The summed E-state index contributed by atoms with van der Waals surface area (Å²) in [5.41, 5.74) is 2.54. The number of fused-ring (bicyclic) bond motifs is 2. The van der Waals surface area contributed by atoms with Crippen molar-refractivity contribution in [2.45, 2.75) is 6.42 Å². The fourth-order valence-electron chi connectivity index (χ4n) is 2.39. The summed E-state index contributed by atoms with van der Waals surface area (Å²) in [6.07, 6.45) is 8.60. The maximum absolute atomic E-state index is 12.2. The van der Waals surface area contributed by atoms with Crippen molar-refractivity contribution in [1.29, 1.82) is 0 Å². The van der Waals surface area contributed by atoms with Crippen molar-refractivity contribution in [2.75, 3.05) is 0 Å². The zero-order valence-electron chi connectivity index (χ0n) is 9.75. The van der Waals surface area contributed by atoms with Gasteiger partial charge in [-0.1, -0.05) is 18.2 Å². The predicted molar refractivity (Wildman–Crippen MR) is 67.1 cm³/mol. The van der Waals surface area contributed by atoms with E-state index in [1.807, 2.05) is 24.3 Å². The van der Waals surface area contributed by atoms with Gasteiger partial charge in [0.2, 0.25) is 5.82 Å². The molecule has 0 aromatic carbocycles. The Morgan fingerprint density at radius 3 is 3.16 bits per heavy atom. The van der Waals surface area contributed by atoms with Gasteiger partial charge in [0.15, 0.2) is 11.2 Å². The van der Waals surface area contributed by atoms with Gasteiger partial charge >= 0.3 is 0 Å². The maximum atomic E-state index is 12.2. The van der Waals surface area contributed by atoms with Crippen LogP contribution in [0.25, 0.3) is 23.2 Å². The Labute approximate surface area is 106 Å². The fourth-order valence-corrected chi connectivity index (χ4v) is 2.39. The number of rotatable bonds is 1. The smallest absolute Gasteiger partial charge is 0.239 e. The molecule has 0 aliphatic heterocycles. The lowest BCUT2D eigenvalue weighted by molar-refractivity contribution is 0.520. The first-order chi connectivity index (χ1) is 9.33. The Morgan fingerprint density at radius 1 is 1.37 bits per heavy atom. The second-order valence-electron chi connectivity index (χ2n) is 4.33.